The molecule has 0 aromatic heterocycles. The maximum Gasteiger partial charge on any atom is 0.271 e. The molecule has 0 spiro atoms. The Morgan fingerprint density at radius 3 is 2.57 bits per heavy atom. The highest BCUT2D eigenvalue weighted by Gasteiger charge is 2.15. The van der Waals surface area contributed by atoms with Gasteiger partial charge in [0.2, 0.25) is 0 Å². The third-order valence-electron chi connectivity index (χ3n) is 2.96. The molecular weight excluding hydrogens is 346 g/mol. The van der Waals surface area contributed by atoms with E-state index in [4.69, 9.17) is 0 Å². The number of halogens is 3. The van der Waals surface area contributed by atoms with Crippen molar-refractivity contribution in [1.82, 2.24) is 0 Å². The SMILES string of the molecule is CC(Nc1cc([N+](=O)[O-])ccc1Br)c1ccc(F)cc1F. The standard InChI is InChI=1S/C14H11BrF2N2O2/c1-8(11-4-2-9(16)6-13(11)17)18-14-7-10(19(20)21)3-5-12(14)15/h2-8,18H,1H3. The number of rotatable bonds is 4. The first-order valence-corrected chi connectivity index (χ1v) is 6.83. The van der Waals surface area contributed by atoms with Gasteiger partial charge in [-0.1, -0.05) is 6.07 Å². The van der Waals surface area contributed by atoms with E-state index in [0.29, 0.717) is 10.2 Å². The fraction of sp³-hybridized carbons (Fsp3) is 0.143. The molecule has 0 saturated carbocycles. The zero-order chi connectivity index (χ0) is 15.6. The molecule has 1 atom stereocenters. The maximum atomic E-state index is 13.7. The second-order valence-electron chi connectivity index (χ2n) is 4.45. The van der Waals surface area contributed by atoms with E-state index in [1.54, 1.807) is 6.92 Å². The number of benzene rings is 2. The van der Waals surface area contributed by atoms with Crippen molar-refractivity contribution >= 4 is 27.3 Å². The van der Waals surface area contributed by atoms with Crippen molar-refractivity contribution in [3.63, 3.8) is 0 Å². The minimum Gasteiger partial charge on any atom is -0.377 e. The Bertz CT molecular complexity index is 695. The number of nitro groups is 1. The average Bonchev–Trinajstić information content (AvgIpc) is 2.40. The lowest BCUT2D eigenvalue weighted by Gasteiger charge is -2.17. The van der Waals surface area contributed by atoms with Crippen LogP contribution in [0.15, 0.2) is 40.9 Å². The van der Waals surface area contributed by atoms with Crippen LogP contribution in [0.2, 0.25) is 0 Å². The number of hydrogen-bond acceptors (Lipinski definition) is 3. The van der Waals surface area contributed by atoms with Gasteiger partial charge in [-0.25, -0.2) is 8.78 Å². The number of hydrogen-bond donors (Lipinski definition) is 1. The van der Waals surface area contributed by atoms with E-state index in [1.807, 2.05) is 0 Å². The summed E-state index contributed by atoms with van der Waals surface area (Å²) in [6.07, 6.45) is 0. The minimum atomic E-state index is -0.670. The van der Waals surface area contributed by atoms with Crippen molar-refractivity contribution < 1.29 is 13.7 Å². The second kappa shape index (κ2) is 6.17. The third kappa shape index (κ3) is 3.55. The van der Waals surface area contributed by atoms with E-state index in [1.165, 1.54) is 30.3 Å². The molecule has 2 rings (SSSR count). The topological polar surface area (TPSA) is 55.2 Å². The Morgan fingerprint density at radius 2 is 1.95 bits per heavy atom. The van der Waals surface area contributed by atoms with Gasteiger partial charge in [0, 0.05) is 28.2 Å². The number of nitrogens with zero attached hydrogens (tertiary/aromatic N) is 1. The van der Waals surface area contributed by atoms with Crippen LogP contribution in [0.4, 0.5) is 20.2 Å². The van der Waals surface area contributed by atoms with Gasteiger partial charge in [-0.2, -0.15) is 0 Å². The van der Waals surface area contributed by atoms with Gasteiger partial charge in [-0.05, 0) is 35.0 Å². The summed E-state index contributed by atoms with van der Waals surface area (Å²) < 4.78 is 27.2. The Morgan fingerprint density at radius 1 is 1.24 bits per heavy atom. The van der Waals surface area contributed by atoms with Crippen LogP contribution in [-0.2, 0) is 0 Å². The van der Waals surface area contributed by atoms with E-state index >= 15 is 0 Å². The third-order valence-corrected chi connectivity index (χ3v) is 3.65. The summed E-state index contributed by atoms with van der Waals surface area (Å²) in [5, 5.41) is 13.7. The summed E-state index contributed by atoms with van der Waals surface area (Å²) in [5.41, 5.74) is 0.655. The maximum absolute atomic E-state index is 13.7. The molecule has 4 nitrogen and oxygen atoms in total. The van der Waals surface area contributed by atoms with E-state index < -0.39 is 22.6 Å². The molecule has 0 aliphatic carbocycles. The van der Waals surface area contributed by atoms with Crippen LogP contribution in [0.3, 0.4) is 0 Å². The minimum absolute atomic E-state index is 0.0764. The predicted octanol–water partition coefficient (Wildman–Crippen LogP) is 4.81. The molecule has 7 heteroatoms. The van der Waals surface area contributed by atoms with Gasteiger partial charge in [0.25, 0.3) is 5.69 Å². The van der Waals surface area contributed by atoms with Crippen LogP contribution in [0.25, 0.3) is 0 Å². The van der Waals surface area contributed by atoms with Crippen LogP contribution in [-0.4, -0.2) is 4.92 Å². The quantitative estimate of drug-likeness (QED) is 0.631. The van der Waals surface area contributed by atoms with Crippen molar-refractivity contribution in [2.75, 3.05) is 5.32 Å². The van der Waals surface area contributed by atoms with Gasteiger partial charge in [-0.15, -0.1) is 0 Å². The van der Waals surface area contributed by atoms with Gasteiger partial charge in [-0.3, -0.25) is 10.1 Å². The number of anilines is 1. The van der Waals surface area contributed by atoms with Crippen molar-refractivity contribution in [3.8, 4) is 0 Å². The Kier molecular flexibility index (Phi) is 4.52. The fourth-order valence-electron chi connectivity index (χ4n) is 1.90. The molecule has 2 aromatic rings. The average molecular weight is 357 g/mol. The first-order chi connectivity index (χ1) is 9.88. The summed E-state index contributed by atoms with van der Waals surface area (Å²) in [5.74, 6) is -1.32. The van der Waals surface area contributed by atoms with E-state index in [9.17, 15) is 18.9 Å². The van der Waals surface area contributed by atoms with Gasteiger partial charge in [0.05, 0.1) is 16.7 Å². The molecule has 1 unspecified atom stereocenters. The van der Waals surface area contributed by atoms with Crippen molar-refractivity contribution in [2.45, 2.75) is 13.0 Å². The van der Waals surface area contributed by atoms with E-state index in [2.05, 4.69) is 21.2 Å². The van der Waals surface area contributed by atoms with E-state index in [-0.39, 0.29) is 11.3 Å². The molecule has 2 aromatic carbocycles. The summed E-state index contributed by atoms with van der Waals surface area (Å²) in [6.45, 7) is 1.68. The Labute approximate surface area is 128 Å². The van der Waals surface area contributed by atoms with Crippen LogP contribution < -0.4 is 5.32 Å². The number of nitrogens with one attached hydrogen (secondary N) is 1. The van der Waals surface area contributed by atoms with E-state index in [0.717, 1.165) is 6.07 Å². The highest BCUT2D eigenvalue weighted by atomic mass is 79.9. The molecule has 0 bridgehead atoms. The summed E-state index contributed by atoms with van der Waals surface area (Å²) >= 11 is 3.27. The first kappa shape index (κ1) is 15.4. The Balaban J connectivity index is 2.28. The lowest BCUT2D eigenvalue weighted by Crippen LogP contribution is -2.09. The van der Waals surface area contributed by atoms with Gasteiger partial charge in [0.15, 0.2) is 0 Å². The number of nitro benzene ring substituents is 1. The normalized spacial score (nSPS) is 12.0. The highest BCUT2D eigenvalue weighted by molar-refractivity contribution is 9.10. The van der Waals surface area contributed by atoms with Crippen LogP contribution in [0.5, 0.6) is 0 Å². The largest absolute Gasteiger partial charge is 0.377 e. The van der Waals surface area contributed by atoms with Crippen LogP contribution in [0, 0.1) is 21.7 Å². The molecule has 0 heterocycles. The van der Waals surface area contributed by atoms with Crippen molar-refractivity contribution in [3.05, 3.63) is 68.2 Å². The highest BCUT2D eigenvalue weighted by Crippen LogP contribution is 2.30. The zero-order valence-corrected chi connectivity index (χ0v) is 12.5. The van der Waals surface area contributed by atoms with Crippen LogP contribution in [0.1, 0.15) is 18.5 Å². The molecule has 0 aliphatic rings. The lowest BCUT2D eigenvalue weighted by molar-refractivity contribution is -0.384. The smallest absolute Gasteiger partial charge is 0.271 e. The molecule has 21 heavy (non-hydrogen) atoms. The second-order valence-corrected chi connectivity index (χ2v) is 5.31. The van der Waals surface area contributed by atoms with Gasteiger partial charge in [0.1, 0.15) is 11.6 Å². The molecule has 0 fully saturated rings. The Hall–Kier alpha value is -2.02. The molecule has 0 saturated heterocycles. The summed E-state index contributed by atoms with van der Waals surface area (Å²) in [4.78, 5) is 10.3. The molecule has 110 valence electrons. The molecule has 1 N–H and O–H groups in total. The predicted molar refractivity (Wildman–Crippen MR) is 79.2 cm³/mol. The van der Waals surface area contributed by atoms with Gasteiger partial charge >= 0.3 is 0 Å². The van der Waals surface area contributed by atoms with Gasteiger partial charge < -0.3 is 5.32 Å². The fourth-order valence-corrected chi connectivity index (χ4v) is 2.26. The van der Waals surface area contributed by atoms with Crippen molar-refractivity contribution in [2.24, 2.45) is 0 Å². The molecular formula is C14H11BrF2N2O2. The first-order valence-electron chi connectivity index (χ1n) is 6.04. The monoisotopic (exact) mass is 356 g/mol. The molecule has 0 amide bonds. The molecule has 0 radical (unpaired) electrons. The number of non-ortho nitro benzene ring substituents is 1. The lowest BCUT2D eigenvalue weighted by atomic mass is 10.1. The molecule has 0 aliphatic heterocycles. The summed E-state index contributed by atoms with van der Waals surface area (Å²) in [6, 6.07) is 7.07. The van der Waals surface area contributed by atoms with Crippen molar-refractivity contribution in [1.29, 1.82) is 0 Å². The zero-order valence-electron chi connectivity index (χ0n) is 10.9. The van der Waals surface area contributed by atoms with Crippen LogP contribution >= 0.6 is 15.9 Å². The summed E-state index contributed by atoms with van der Waals surface area (Å²) in [7, 11) is 0.